The maximum absolute atomic E-state index is 13.1. The molecule has 0 spiro atoms. The van der Waals surface area contributed by atoms with Crippen molar-refractivity contribution < 1.29 is 9.90 Å². The lowest BCUT2D eigenvalue weighted by Gasteiger charge is -2.21. The minimum Gasteiger partial charge on any atom is -0.386 e. The zero-order valence-electron chi connectivity index (χ0n) is 19.4. The van der Waals surface area contributed by atoms with E-state index in [1.165, 1.54) is 24.0 Å². The second-order valence-electron chi connectivity index (χ2n) is 10.5. The van der Waals surface area contributed by atoms with Crippen molar-refractivity contribution in [3.8, 4) is 11.1 Å². The highest BCUT2D eigenvalue weighted by atomic mass is 16.3. The molecule has 5 nitrogen and oxygen atoms in total. The lowest BCUT2D eigenvalue weighted by molar-refractivity contribution is 0.0786. The van der Waals surface area contributed by atoms with Gasteiger partial charge in [0.15, 0.2) is 0 Å². The number of carbonyl (C=O) groups excluding carboxylic acids is 1. The van der Waals surface area contributed by atoms with E-state index in [2.05, 4.69) is 46.3 Å². The van der Waals surface area contributed by atoms with Crippen LogP contribution in [-0.4, -0.2) is 20.6 Å². The van der Waals surface area contributed by atoms with Crippen LogP contribution in [0.25, 0.3) is 22.2 Å². The Morgan fingerprint density at radius 3 is 2.53 bits per heavy atom. The molecule has 1 aromatic heterocycles. The molecule has 7 rings (SSSR count). The van der Waals surface area contributed by atoms with Gasteiger partial charge < -0.3 is 15.0 Å². The Labute approximate surface area is 198 Å². The Kier molecular flexibility index (Phi) is 3.99. The first-order valence-electron chi connectivity index (χ1n) is 12.2. The maximum atomic E-state index is 13.1. The molecule has 1 saturated carbocycles. The number of rotatable bonds is 3. The molecular weight excluding hydrogens is 422 g/mol. The van der Waals surface area contributed by atoms with E-state index in [1.54, 1.807) is 13.8 Å². The number of amides is 1. The quantitative estimate of drug-likeness (QED) is 0.429. The molecule has 2 N–H and O–H groups in total. The third-order valence-corrected chi connectivity index (χ3v) is 7.76. The van der Waals surface area contributed by atoms with Gasteiger partial charge in [-0.2, -0.15) is 0 Å². The Hall–Kier alpha value is -3.44. The molecule has 1 aliphatic carbocycles. The van der Waals surface area contributed by atoms with Crippen molar-refractivity contribution in [2.24, 2.45) is 0 Å². The zero-order valence-corrected chi connectivity index (χ0v) is 19.4. The highest BCUT2D eigenvalue weighted by molar-refractivity contribution is 5.97. The van der Waals surface area contributed by atoms with Crippen LogP contribution in [0.3, 0.4) is 0 Å². The van der Waals surface area contributed by atoms with E-state index < -0.39 is 5.60 Å². The van der Waals surface area contributed by atoms with E-state index in [4.69, 9.17) is 4.98 Å². The molecule has 0 saturated heterocycles. The number of nitrogens with zero attached hydrogens (tertiary/aromatic N) is 2. The lowest BCUT2D eigenvalue weighted by Crippen LogP contribution is -2.28. The van der Waals surface area contributed by atoms with Crippen LogP contribution in [0, 0.1) is 0 Å². The molecule has 5 heteroatoms. The van der Waals surface area contributed by atoms with Gasteiger partial charge in [-0.25, -0.2) is 4.98 Å². The van der Waals surface area contributed by atoms with Crippen molar-refractivity contribution in [3.05, 3.63) is 88.7 Å². The minimum atomic E-state index is -0.859. The molecule has 2 atom stereocenters. The molecular formula is C29H27N3O2. The predicted octanol–water partition coefficient (Wildman–Crippen LogP) is 5.59. The molecule has 4 aromatic rings. The highest BCUT2D eigenvalue weighted by Crippen LogP contribution is 2.50. The number of nitrogens with one attached hydrogen (secondary N) is 1. The summed E-state index contributed by atoms with van der Waals surface area (Å²) in [5, 5.41) is 13.6. The maximum Gasteiger partial charge on any atom is 0.252 e. The number of aliphatic hydroxyl groups is 1. The van der Waals surface area contributed by atoms with Crippen molar-refractivity contribution >= 4 is 16.9 Å². The zero-order chi connectivity index (χ0) is 23.2. The van der Waals surface area contributed by atoms with Crippen molar-refractivity contribution in [1.29, 1.82) is 0 Å². The topological polar surface area (TPSA) is 67.2 Å². The summed E-state index contributed by atoms with van der Waals surface area (Å²) in [5.41, 5.74) is 7.70. The van der Waals surface area contributed by atoms with Crippen molar-refractivity contribution in [2.75, 3.05) is 0 Å². The minimum absolute atomic E-state index is 0.0240. The lowest BCUT2D eigenvalue weighted by atomic mass is 9.91. The number of carbonyl (C=O) groups is 1. The first-order valence-corrected chi connectivity index (χ1v) is 12.2. The predicted molar refractivity (Wildman–Crippen MR) is 132 cm³/mol. The number of benzene rings is 3. The standard InChI is InChI=1S/C29H27N3O2/c1-29(2,34)19-11-8-16(9-12-19)18-10-13-22-24(14-18)32-25-15-23(27(32)30-22)31-28(33)21-5-3-4-20(26(21)25)17-6-7-17/h3-5,8-14,17,23,25,34H,6-7,15H2,1-2H3,(H,31,33)/t23-,25-/m1/s1. The summed E-state index contributed by atoms with van der Waals surface area (Å²) in [6.45, 7) is 3.60. The third kappa shape index (κ3) is 2.90. The van der Waals surface area contributed by atoms with Crippen molar-refractivity contribution in [2.45, 2.75) is 56.7 Å². The van der Waals surface area contributed by atoms with Crippen molar-refractivity contribution in [1.82, 2.24) is 14.9 Å². The van der Waals surface area contributed by atoms with Crippen LogP contribution in [0.5, 0.6) is 0 Å². The number of imidazole rings is 1. The van der Waals surface area contributed by atoms with Gasteiger partial charge in [0.1, 0.15) is 5.82 Å². The van der Waals surface area contributed by atoms with Crippen LogP contribution in [0.15, 0.2) is 60.7 Å². The van der Waals surface area contributed by atoms with Gasteiger partial charge in [0.2, 0.25) is 0 Å². The van der Waals surface area contributed by atoms with Gasteiger partial charge in [-0.3, -0.25) is 4.79 Å². The number of hydrogen-bond donors (Lipinski definition) is 2. The van der Waals surface area contributed by atoms with Crippen LogP contribution in [-0.2, 0) is 5.60 Å². The Balaban J connectivity index is 1.39. The molecule has 3 aromatic carbocycles. The average molecular weight is 450 g/mol. The smallest absolute Gasteiger partial charge is 0.252 e. The summed E-state index contributed by atoms with van der Waals surface area (Å²) in [5.74, 6) is 1.55. The fourth-order valence-corrected chi connectivity index (χ4v) is 5.88. The molecule has 2 bridgehead atoms. The second kappa shape index (κ2) is 6.80. The normalized spacial score (nSPS) is 21.2. The number of fused-ring (bicyclic) bond motifs is 9. The van der Waals surface area contributed by atoms with Crippen LogP contribution in [0.2, 0.25) is 0 Å². The van der Waals surface area contributed by atoms with Crippen LogP contribution in [0.4, 0.5) is 0 Å². The summed E-state index contributed by atoms with van der Waals surface area (Å²) in [4.78, 5) is 18.1. The molecule has 1 fully saturated rings. The summed E-state index contributed by atoms with van der Waals surface area (Å²) < 4.78 is 2.37. The molecule has 3 aliphatic rings. The van der Waals surface area contributed by atoms with Gasteiger partial charge >= 0.3 is 0 Å². The average Bonchev–Trinajstić information content (AvgIpc) is 3.55. The Bertz CT molecular complexity index is 1470. The Morgan fingerprint density at radius 2 is 1.79 bits per heavy atom. The SMILES string of the molecule is CC(C)(O)c1ccc(-c2ccc3nc4n(c3c2)[C@@H]2C[C@H]4NC(=O)c3cccc(C4CC4)c32)cc1. The summed E-state index contributed by atoms with van der Waals surface area (Å²) in [6.07, 6.45) is 3.26. The molecule has 34 heavy (non-hydrogen) atoms. The fourth-order valence-electron chi connectivity index (χ4n) is 5.88. The number of hydrogen-bond acceptors (Lipinski definition) is 3. The van der Waals surface area contributed by atoms with E-state index in [1.807, 2.05) is 24.3 Å². The molecule has 170 valence electrons. The van der Waals surface area contributed by atoms with E-state index >= 15 is 0 Å². The van der Waals surface area contributed by atoms with Gasteiger partial charge in [0, 0.05) is 5.56 Å². The molecule has 1 amide bonds. The van der Waals surface area contributed by atoms with Gasteiger partial charge in [-0.05, 0) is 85.0 Å². The number of aromatic nitrogens is 2. The molecule has 3 heterocycles. The van der Waals surface area contributed by atoms with Crippen LogP contribution < -0.4 is 5.32 Å². The van der Waals surface area contributed by atoms with E-state index in [0.717, 1.165) is 45.5 Å². The van der Waals surface area contributed by atoms with Gasteiger partial charge in [0.05, 0.1) is 28.7 Å². The second-order valence-corrected chi connectivity index (χ2v) is 10.5. The molecule has 2 aliphatic heterocycles. The third-order valence-electron chi connectivity index (χ3n) is 7.76. The summed E-state index contributed by atoms with van der Waals surface area (Å²) in [7, 11) is 0. The van der Waals surface area contributed by atoms with Crippen molar-refractivity contribution in [3.63, 3.8) is 0 Å². The Morgan fingerprint density at radius 1 is 1.03 bits per heavy atom. The monoisotopic (exact) mass is 449 g/mol. The van der Waals surface area contributed by atoms with E-state index in [-0.39, 0.29) is 18.0 Å². The van der Waals surface area contributed by atoms with E-state index in [0.29, 0.717) is 5.92 Å². The van der Waals surface area contributed by atoms with Gasteiger partial charge in [-0.15, -0.1) is 0 Å². The molecule has 0 radical (unpaired) electrons. The first-order chi connectivity index (χ1) is 16.4. The van der Waals surface area contributed by atoms with Gasteiger partial charge in [-0.1, -0.05) is 42.5 Å². The summed E-state index contributed by atoms with van der Waals surface area (Å²) >= 11 is 0. The first kappa shape index (κ1) is 20.0. The molecule has 0 unspecified atom stereocenters. The van der Waals surface area contributed by atoms with Crippen LogP contribution in [0.1, 0.15) is 84.0 Å². The highest BCUT2D eigenvalue weighted by Gasteiger charge is 2.43. The van der Waals surface area contributed by atoms with Gasteiger partial charge in [0.25, 0.3) is 5.91 Å². The van der Waals surface area contributed by atoms with Crippen LogP contribution >= 0.6 is 0 Å². The largest absolute Gasteiger partial charge is 0.386 e. The van der Waals surface area contributed by atoms with E-state index in [9.17, 15) is 9.90 Å². The fraction of sp³-hybridized carbons (Fsp3) is 0.310. The summed E-state index contributed by atoms with van der Waals surface area (Å²) in [6, 6.07) is 20.8.